The van der Waals surface area contributed by atoms with Crippen molar-refractivity contribution in [2.24, 2.45) is 5.92 Å². The van der Waals surface area contributed by atoms with Gasteiger partial charge in [-0.1, -0.05) is 12.1 Å². The Morgan fingerprint density at radius 2 is 1.79 bits per heavy atom. The number of urea groups is 1. The number of carboxylic acids is 1. The number of alkyl halides is 2. The number of carbonyl (C=O) groups excluding carboxylic acids is 1. The van der Waals surface area contributed by atoms with Crippen molar-refractivity contribution >= 4 is 12.0 Å². The third-order valence-electron chi connectivity index (χ3n) is 4.03. The second-order valence-electron chi connectivity index (χ2n) is 5.89. The highest BCUT2D eigenvalue weighted by atomic mass is 19.3. The Morgan fingerprint density at radius 1 is 1.21 bits per heavy atom. The molecule has 1 aromatic rings. The van der Waals surface area contributed by atoms with Gasteiger partial charge in [-0.15, -0.1) is 0 Å². The highest BCUT2D eigenvalue weighted by Crippen LogP contribution is 2.27. The van der Waals surface area contributed by atoms with Gasteiger partial charge < -0.3 is 15.3 Å². The summed E-state index contributed by atoms with van der Waals surface area (Å²) in [5, 5.41) is 11.7. The molecule has 1 atom stereocenters. The van der Waals surface area contributed by atoms with Gasteiger partial charge in [-0.25, -0.2) is 18.0 Å². The number of likely N-dealkylation sites (tertiary alicyclic amines) is 1. The van der Waals surface area contributed by atoms with Crippen LogP contribution >= 0.6 is 0 Å². The Labute approximate surface area is 137 Å². The molecule has 0 saturated carbocycles. The van der Waals surface area contributed by atoms with E-state index < -0.39 is 42.5 Å². The summed E-state index contributed by atoms with van der Waals surface area (Å²) in [6.07, 6.45) is -0.648. The molecule has 24 heavy (non-hydrogen) atoms. The largest absolute Gasteiger partial charge is 0.481 e. The minimum atomic E-state index is -2.75. The van der Waals surface area contributed by atoms with E-state index in [0.29, 0.717) is 5.56 Å². The molecule has 1 saturated heterocycles. The third-order valence-corrected chi connectivity index (χ3v) is 4.03. The van der Waals surface area contributed by atoms with E-state index in [2.05, 4.69) is 5.32 Å². The van der Waals surface area contributed by atoms with Crippen LogP contribution < -0.4 is 5.32 Å². The maximum atomic E-state index is 13.1. The highest BCUT2D eigenvalue weighted by Gasteiger charge is 2.35. The van der Waals surface area contributed by atoms with Crippen LogP contribution in [0.1, 0.15) is 18.4 Å². The zero-order chi connectivity index (χ0) is 17.7. The number of nitrogens with one attached hydrogen (secondary N) is 1. The molecule has 0 spiro atoms. The van der Waals surface area contributed by atoms with Crippen molar-refractivity contribution in [3.63, 3.8) is 0 Å². The van der Waals surface area contributed by atoms with Gasteiger partial charge >= 0.3 is 12.0 Å². The fourth-order valence-electron chi connectivity index (χ4n) is 2.51. The monoisotopic (exact) mass is 344 g/mol. The van der Waals surface area contributed by atoms with Crippen molar-refractivity contribution in [2.45, 2.75) is 25.2 Å². The van der Waals surface area contributed by atoms with Crippen molar-refractivity contribution in [3.05, 3.63) is 35.6 Å². The molecule has 2 N–H and O–H groups in total. The second kappa shape index (κ2) is 7.55. The molecule has 1 unspecified atom stereocenters. The number of amides is 2. The van der Waals surface area contributed by atoms with E-state index in [4.69, 9.17) is 0 Å². The number of hydrogen-bond donors (Lipinski definition) is 2. The van der Waals surface area contributed by atoms with Crippen molar-refractivity contribution < 1.29 is 27.9 Å². The van der Waals surface area contributed by atoms with Crippen LogP contribution in [0.5, 0.6) is 0 Å². The first-order chi connectivity index (χ1) is 11.3. The Kier molecular flexibility index (Phi) is 5.69. The van der Waals surface area contributed by atoms with Crippen LogP contribution in [0.4, 0.5) is 18.0 Å². The van der Waals surface area contributed by atoms with E-state index in [-0.39, 0.29) is 26.1 Å². The number of piperidine rings is 1. The Balaban J connectivity index is 1.86. The number of carboxylic acid groups (broad SMARTS) is 1. The van der Waals surface area contributed by atoms with Crippen molar-refractivity contribution in [3.8, 4) is 0 Å². The molecule has 8 heteroatoms. The summed E-state index contributed by atoms with van der Waals surface area (Å²) >= 11 is 0. The minimum Gasteiger partial charge on any atom is -0.481 e. The topological polar surface area (TPSA) is 69.6 Å². The molecule has 0 radical (unpaired) electrons. The molecule has 1 aliphatic rings. The van der Waals surface area contributed by atoms with Crippen LogP contribution in [0, 0.1) is 11.7 Å². The standard InChI is InChI=1S/C16H19F3N2O3/c17-13-3-1-11(2-4-13)9-12(14(22)23)10-20-15(24)21-7-5-16(18,19)6-8-21/h1-4,12H,5-10H2,(H,20,24)(H,22,23). The Hall–Kier alpha value is -2.25. The van der Waals surface area contributed by atoms with Gasteiger partial charge in [0.25, 0.3) is 5.92 Å². The number of nitrogens with zero attached hydrogens (tertiary/aromatic N) is 1. The summed E-state index contributed by atoms with van der Waals surface area (Å²) in [7, 11) is 0. The lowest BCUT2D eigenvalue weighted by Crippen LogP contribution is -2.48. The number of carbonyl (C=O) groups is 2. The Morgan fingerprint density at radius 3 is 2.33 bits per heavy atom. The molecule has 1 aliphatic heterocycles. The normalized spacial score (nSPS) is 18.0. The predicted molar refractivity (Wildman–Crippen MR) is 80.4 cm³/mol. The highest BCUT2D eigenvalue weighted by molar-refractivity contribution is 5.76. The van der Waals surface area contributed by atoms with Gasteiger partial charge in [0.2, 0.25) is 0 Å². The van der Waals surface area contributed by atoms with Crippen molar-refractivity contribution in [1.82, 2.24) is 10.2 Å². The van der Waals surface area contributed by atoms with Crippen LogP contribution in [-0.2, 0) is 11.2 Å². The smallest absolute Gasteiger partial charge is 0.317 e. The molecule has 0 aliphatic carbocycles. The van der Waals surface area contributed by atoms with Crippen LogP contribution in [0.15, 0.2) is 24.3 Å². The number of rotatable bonds is 5. The lowest BCUT2D eigenvalue weighted by Gasteiger charge is -2.32. The lowest BCUT2D eigenvalue weighted by molar-refractivity contribution is -0.141. The van der Waals surface area contributed by atoms with E-state index >= 15 is 0 Å². The lowest BCUT2D eigenvalue weighted by atomic mass is 9.99. The van der Waals surface area contributed by atoms with Gasteiger partial charge in [-0.05, 0) is 24.1 Å². The molecule has 1 fully saturated rings. The fourth-order valence-corrected chi connectivity index (χ4v) is 2.51. The quantitative estimate of drug-likeness (QED) is 0.862. The molecule has 2 amide bonds. The predicted octanol–water partition coefficient (Wildman–Crippen LogP) is 2.51. The van der Waals surface area contributed by atoms with Gasteiger partial charge in [-0.2, -0.15) is 0 Å². The summed E-state index contributed by atoms with van der Waals surface area (Å²) in [5.41, 5.74) is 0.635. The SMILES string of the molecule is O=C(O)C(CNC(=O)N1CCC(F)(F)CC1)Cc1ccc(F)cc1. The summed E-state index contributed by atoms with van der Waals surface area (Å²) < 4.78 is 39.0. The van der Waals surface area contributed by atoms with Crippen molar-refractivity contribution in [1.29, 1.82) is 0 Å². The van der Waals surface area contributed by atoms with Gasteiger partial charge in [0.05, 0.1) is 5.92 Å². The van der Waals surface area contributed by atoms with Crippen LogP contribution in [-0.4, -0.2) is 47.6 Å². The zero-order valence-corrected chi connectivity index (χ0v) is 13.0. The number of aliphatic carboxylic acids is 1. The first kappa shape index (κ1) is 18.1. The van der Waals surface area contributed by atoms with Crippen LogP contribution in [0.25, 0.3) is 0 Å². The molecule has 132 valence electrons. The molecular formula is C16H19F3N2O3. The van der Waals surface area contributed by atoms with Crippen LogP contribution in [0.2, 0.25) is 0 Å². The van der Waals surface area contributed by atoms with Gasteiger partial charge in [0, 0.05) is 32.5 Å². The van der Waals surface area contributed by atoms with E-state index in [0.717, 1.165) is 0 Å². The summed E-state index contributed by atoms with van der Waals surface area (Å²) in [6.45, 7) is -0.249. The van der Waals surface area contributed by atoms with Gasteiger partial charge in [0.1, 0.15) is 5.82 Å². The minimum absolute atomic E-state index is 0.0610. The average molecular weight is 344 g/mol. The molecule has 5 nitrogen and oxygen atoms in total. The van der Waals surface area contributed by atoms with E-state index in [1.165, 1.54) is 29.2 Å². The molecule has 2 rings (SSSR count). The van der Waals surface area contributed by atoms with Gasteiger partial charge in [0.15, 0.2) is 0 Å². The fraction of sp³-hybridized carbons (Fsp3) is 0.500. The summed E-state index contributed by atoms with van der Waals surface area (Å²) in [6, 6.07) is 4.90. The van der Waals surface area contributed by atoms with Crippen molar-refractivity contribution in [2.75, 3.05) is 19.6 Å². The second-order valence-corrected chi connectivity index (χ2v) is 5.89. The number of halogens is 3. The maximum Gasteiger partial charge on any atom is 0.317 e. The molecular weight excluding hydrogens is 325 g/mol. The first-order valence-corrected chi connectivity index (χ1v) is 7.65. The number of hydrogen-bond acceptors (Lipinski definition) is 2. The molecule has 0 bridgehead atoms. The van der Waals surface area contributed by atoms with Crippen LogP contribution in [0.3, 0.4) is 0 Å². The third kappa shape index (κ3) is 5.14. The molecule has 1 heterocycles. The zero-order valence-electron chi connectivity index (χ0n) is 13.0. The molecule has 0 aromatic heterocycles. The summed E-state index contributed by atoms with van der Waals surface area (Å²) in [5.74, 6) is -5.14. The maximum absolute atomic E-state index is 13.1. The molecule has 1 aromatic carbocycles. The Bertz CT molecular complexity index is 583. The van der Waals surface area contributed by atoms with E-state index in [1.807, 2.05) is 0 Å². The number of benzene rings is 1. The first-order valence-electron chi connectivity index (χ1n) is 7.65. The van der Waals surface area contributed by atoms with Gasteiger partial charge in [-0.3, -0.25) is 4.79 Å². The summed E-state index contributed by atoms with van der Waals surface area (Å²) in [4.78, 5) is 24.5. The van der Waals surface area contributed by atoms with E-state index in [9.17, 15) is 27.9 Å². The average Bonchev–Trinajstić information content (AvgIpc) is 2.52. The van der Waals surface area contributed by atoms with E-state index in [1.54, 1.807) is 0 Å².